The molecule has 1 N–H and O–H groups in total. The van der Waals surface area contributed by atoms with Crippen LogP contribution in [0, 0.1) is 11.8 Å². The van der Waals surface area contributed by atoms with Gasteiger partial charge in [-0.2, -0.15) is 4.72 Å². The van der Waals surface area contributed by atoms with Crippen molar-refractivity contribution in [1.29, 1.82) is 0 Å². The normalized spacial score (nSPS) is 10.8. The van der Waals surface area contributed by atoms with Crippen molar-refractivity contribution in [3.63, 3.8) is 0 Å². The minimum absolute atomic E-state index is 0.00634. The highest BCUT2D eigenvalue weighted by molar-refractivity contribution is 7.89. The van der Waals surface area contributed by atoms with E-state index < -0.39 is 10.0 Å². The second kappa shape index (κ2) is 9.32. The Labute approximate surface area is 170 Å². The lowest BCUT2D eigenvalue weighted by Crippen LogP contribution is -2.24. The lowest BCUT2D eigenvalue weighted by Gasteiger charge is -2.11. The van der Waals surface area contributed by atoms with Crippen molar-refractivity contribution >= 4 is 20.8 Å². The van der Waals surface area contributed by atoms with Gasteiger partial charge in [-0.1, -0.05) is 48.2 Å². The number of hydrogen-bond donors (Lipinski definition) is 1. The molecule has 29 heavy (non-hydrogen) atoms. The van der Waals surface area contributed by atoms with Gasteiger partial charge in [0.15, 0.2) is 0 Å². The summed E-state index contributed by atoms with van der Waals surface area (Å²) in [6, 6.07) is 18.3. The molecule has 7 heteroatoms. The molecule has 0 radical (unpaired) electrons. The molecule has 0 fully saturated rings. The molecule has 150 valence electrons. The molecule has 0 saturated heterocycles. The first-order chi connectivity index (χ1) is 14.0. The fourth-order valence-electron chi connectivity index (χ4n) is 2.75. The van der Waals surface area contributed by atoms with E-state index in [4.69, 9.17) is 14.2 Å². The van der Waals surface area contributed by atoms with Crippen LogP contribution in [0.15, 0.2) is 65.6 Å². The Bertz CT molecular complexity index is 1160. The lowest BCUT2D eigenvalue weighted by molar-refractivity contribution is 0.374. The molecule has 0 amide bonds. The molecule has 0 aliphatic carbocycles. The van der Waals surface area contributed by atoms with Crippen LogP contribution >= 0.6 is 0 Å². The van der Waals surface area contributed by atoms with Crippen LogP contribution in [0.1, 0.15) is 0 Å². The predicted octanol–water partition coefficient (Wildman–Crippen LogP) is 3.22. The minimum atomic E-state index is -3.80. The molecule has 0 spiro atoms. The van der Waals surface area contributed by atoms with Crippen molar-refractivity contribution in [2.75, 3.05) is 27.4 Å². The van der Waals surface area contributed by atoms with E-state index in [9.17, 15) is 8.42 Å². The number of hydrogen-bond acceptors (Lipinski definition) is 5. The van der Waals surface area contributed by atoms with Crippen molar-refractivity contribution in [2.45, 2.75) is 4.90 Å². The van der Waals surface area contributed by atoms with Gasteiger partial charge < -0.3 is 14.2 Å². The fraction of sp³-hybridized carbons (Fsp3) is 0.182. The fourth-order valence-corrected chi connectivity index (χ4v) is 3.86. The molecule has 0 heterocycles. The molecule has 0 saturated carbocycles. The third-order valence-corrected chi connectivity index (χ3v) is 5.61. The molecule has 0 aromatic heterocycles. The Morgan fingerprint density at radius 1 is 0.897 bits per heavy atom. The Morgan fingerprint density at radius 3 is 2.48 bits per heavy atom. The second-order valence-electron chi connectivity index (χ2n) is 5.96. The Balaban J connectivity index is 1.61. The first-order valence-corrected chi connectivity index (χ1v) is 10.3. The van der Waals surface area contributed by atoms with Crippen molar-refractivity contribution in [3.8, 4) is 29.1 Å². The number of fused-ring (bicyclic) bond motifs is 1. The summed E-state index contributed by atoms with van der Waals surface area (Å²) >= 11 is 0. The molecule has 6 nitrogen and oxygen atoms in total. The summed E-state index contributed by atoms with van der Waals surface area (Å²) < 4.78 is 43.4. The van der Waals surface area contributed by atoms with Crippen LogP contribution in [0.3, 0.4) is 0 Å². The van der Waals surface area contributed by atoms with E-state index in [1.807, 2.05) is 42.5 Å². The van der Waals surface area contributed by atoms with Crippen LogP contribution < -0.4 is 18.9 Å². The topological polar surface area (TPSA) is 73.9 Å². The van der Waals surface area contributed by atoms with Gasteiger partial charge in [-0.25, -0.2) is 8.42 Å². The van der Waals surface area contributed by atoms with E-state index >= 15 is 0 Å². The van der Waals surface area contributed by atoms with Gasteiger partial charge in [0.05, 0.1) is 20.8 Å². The summed E-state index contributed by atoms with van der Waals surface area (Å²) in [6.07, 6.45) is 0. The molecule has 0 unspecified atom stereocenters. The van der Waals surface area contributed by atoms with Crippen LogP contribution in [0.4, 0.5) is 0 Å². The minimum Gasteiger partial charge on any atom is -0.497 e. The van der Waals surface area contributed by atoms with Crippen molar-refractivity contribution < 1.29 is 22.6 Å². The highest BCUT2D eigenvalue weighted by Crippen LogP contribution is 2.28. The maximum atomic E-state index is 12.5. The first kappa shape index (κ1) is 20.5. The van der Waals surface area contributed by atoms with Crippen molar-refractivity contribution in [2.24, 2.45) is 0 Å². The molecule has 0 bridgehead atoms. The summed E-state index contributed by atoms with van der Waals surface area (Å²) in [5.74, 6) is 6.96. The number of ether oxygens (including phenoxy) is 3. The smallest absolute Gasteiger partial charge is 0.245 e. The summed E-state index contributed by atoms with van der Waals surface area (Å²) in [4.78, 5) is -0.00634. The molecule has 3 aromatic rings. The lowest BCUT2D eigenvalue weighted by atomic mass is 10.1. The van der Waals surface area contributed by atoms with E-state index in [0.717, 1.165) is 16.5 Å². The van der Waals surface area contributed by atoms with Gasteiger partial charge in [0.2, 0.25) is 10.0 Å². The van der Waals surface area contributed by atoms with E-state index in [-0.39, 0.29) is 23.8 Å². The average Bonchev–Trinajstić information content (AvgIpc) is 2.75. The number of benzene rings is 3. The number of nitrogens with one attached hydrogen (secondary N) is 1. The summed E-state index contributed by atoms with van der Waals surface area (Å²) in [5, 5.41) is 2.08. The van der Waals surface area contributed by atoms with E-state index in [0.29, 0.717) is 5.75 Å². The highest BCUT2D eigenvalue weighted by Gasteiger charge is 2.19. The first-order valence-electron chi connectivity index (χ1n) is 8.83. The molecule has 0 aliphatic heterocycles. The molecule has 3 aromatic carbocycles. The van der Waals surface area contributed by atoms with Gasteiger partial charge in [-0.3, -0.25) is 0 Å². The van der Waals surface area contributed by atoms with E-state index in [2.05, 4.69) is 16.6 Å². The predicted molar refractivity (Wildman–Crippen MR) is 112 cm³/mol. The summed E-state index contributed by atoms with van der Waals surface area (Å²) in [6.45, 7) is 0.0970. The molecular weight excluding hydrogens is 390 g/mol. The Hall–Kier alpha value is -3.21. The third-order valence-electron chi connectivity index (χ3n) is 4.19. The van der Waals surface area contributed by atoms with Gasteiger partial charge >= 0.3 is 0 Å². The van der Waals surface area contributed by atoms with E-state index in [1.165, 1.54) is 26.4 Å². The Morgan fingerprint density at radius 2 is 1.69 bits per heavy atom. The maximum absolute atomic E-state index is 12.5. The maximum Gasteiger partial charge on any atom is 0.245 e. The standard InChI is InChI=1S/C22H21NO5S/c1-26-18-12-13-21(27-2)22(16-18)29(24,25)23-14-5-6-15-28-20-11-7-9-17-8-3-4-10-19(17)20/h3-4,7-13,16,23H,14-15H2,1-2H3. The average molecular weight is 411 g/mol. The van der Waals surface area contributed by atoms with Crippen LogP contribution in [0.5, 0.6) is 17.2 Å². The van der Waals surface area contributed by atoms with Gasteiger partial charge in [-0.15, -0.1) is 0 Å². The summed E-state index contributed by atoms with van der Waals surface area (Å²) in [5.41, 5.74) is 0. The van der Waals surface area contributed by atoms with Gasteiger partial charge in [0.1, 0.15) is 28.8 Å². The Kier molecular flexibility index (Phi) is 6.60. The van der Waals surface area contributed by atoms with Crippen LogP contribution in [-0.2, 0) is 10.0 Å². The van der Waals surface area contributed by atoms with Gasteiger partial charge in [-0.05, 0) is 23.6 Å². The van der Waals surface area contributed by atoms with Crippen molar-refractivity contribution in [1.82, 2.24) is 4.72 Å². The molecule has 0 atom stereocenters. The number of rotatable bonds is 7. The van der Waals surface area contributed by atoms with Crippen LogP contribution in [0.25, 0.3) is 10.8 Å². The number of sulfonamides is 1. The van der Waals surface area contributed by atoms with E-state index in [1.54, 1.807) is 6.07 Å². The molecule has 3 rings (SSSR count). The van der Waals surface area contributed by atoms with Crippen LogP contribution in [0.2, 0.25) is 0 Å². The molecular formula is C22H21NO5S. The zero-order valence-corrected chi connectivity index (χ0v) is 17.0. The van der Waals surface area contributed by atoms with Crippen molar-refractivity contribution in [3.05, 3.63) is 60.7 Å². The largest absolute Gasteiger partial charge is 0.497 e. The zero-order valence-electron chi connectivity index (χ0n) is 16.1. The monoisotopic (exact) mass is 411 g/mol. The quantitative estimate of drug-likeness (QED) is 0.605. The van der Waals surface area contributed by atoms with Gasteiger partial charge in [0, 0.05) is 11.5 Å². The molecule has 0 aliphatic rings. The van der Waals surface area contributed by atoms with Gasteiger partial charge in [0.25, 0.3) is 0 Å². The zero-order chi connectivity index (χ0) is 20.7. The van der Waals surface area contributed by atoms with Crippen LogP contribution in [-0.4, -0.2) is 35.8 Å². The summed E-state index contributed by atoms with van der Waals surface area (Å²) in [7, 11) is -0.929. The highest BCUT2D eigenvalue weighted by atomic mass is 32.2. The SMILES string of the molecule is COc1ccc(OC)c(S(=O)(=O)NCC#CCOc2cccc3ccccc23)c1. The third kappa shape index (κ3) is 4.99. The number of methoxy groups -OCH3 is 2. The second-order valence-corrected chi connectivity index (χ2v) is 7.70.